The van der Waals surface area contributed by atoms with Gasteiger partial charge in [-0.25, -0.2) is 4.39 Å². The number of hydrogen-bond donors (Lipinski definition) is 0. The molecule has 3 nitrogen and oxygen atoms in total. The maximum atomic E-state index is 13.0. The fraction of sp³-hybridized carbons (Fsp3) is 0.263. The van der Waals surface area contributed by atoms with Crippen molar-refractivity contribution in [2.24, 2.45) is 0 Å². The van der Waals surface area contributed by atoms with E-state index in [2.05, 4.69) is 0 Å². The van der Waals surface area contributed by atoms with E-state index in [0.717, 1.165) is 31.2 Å². The number of nitrogens with zero attached hydrogens (tertiary/aromatic N) is 1. The number of benzene rings is 1. The molecule has 2 fully saturated rings. The summed E-state index contributed by atoms with van der Waals surface area (Å²) in [6.45, 7) is 0. The average Bonchev–Trinajstić information content (AvgIpc) is 3.31. The minimum absolute atomic E-state index is 0.0263. The van der Waals surface area contributed by atoms with Crippen molar-refractivity contribution in [3.8, 4) is 11.3 Å². The van der Waals surface area contributed by atoms with Crippen molar-refractivity contribution in [3.63, 3.8) is 0 Å². The molecule has 128 valence electrons. The van der Waals surface area contributed by atoms with E-state index in [-0.39, 0.29) is 17.8 Å². The first kappa shape index (κ1) is 16.5. The molecule has 1 amide bonds. The molecule has 6 heteroatoms. The standard InChI is InChI=1S/C19H16FNO2S2/c20-13-7-5-12(6-8-13)16-10-9-15(23-16)11-17-18(22)21(19(24)25-17)14-3-1-2-4-14/h5-11,14H,1-4H2. The Bertz CT molecular complexity index is 851. The second-order valence-electron chi connectivity index (χ2n) is 6.20. The van der Waals surface area contributed by atoms with E-state index in [1.165, 1.54) is 23.9 Å². The first-order valence-electron chi connectivity index (χ1n) is 8.25. The van der Waals surface area contributed by atoms with Crippen LogP contribution in [-0.4, -0.2) is 21.2 Å². The van der Waals surface area contributed by atoms with Gasteiger partial charge in [-0.3, -0.25) is 9.69 Å². The van der Waals surface area contributed by atoms with Crippen molar-refractivity contribution < 1.29 is 13.6 Å². The lowest BCUT2D eigenvalue weighted by Gasteiger charge is -2.21. The zero-order valence-corrected chi connectivity index (χ0v) is 15.0. The highest BCUT2D eigenvalue weighted by atomic mass is 32.2. The fourth-order valence-corrected chi connectivity index (χ4v) is 4.67. The highest BCUT2D eigenvalue weighted by Gasteiger charge is 2.38. The number of thiocarbonyl (C=S) groups is 1. The smallest absolute Gasteiger partial charge is 0.266 e. The first-order chi connectivity index (χ1) is 12.1. The topological polar surface area (TPSA) is 33.5 Å². The molecule has 1 aromatic heterocycles. The van der Waals surface area contributed by atoms with Gasteiger partial charge in [0.25, 0.3) is 5.91 Å². The third kappa shape index (κ3) is 3.28. The number of halogens is 1. The van der Waals surface area contributed by atoms with E-state index >= 15 is 0 Å². The van der Waals surface area contributed by atoms with Crippen molar-refractivity contribution in [3.05, 3.63) is 52.9 Å². The number of furan rings is 1. The summed E-state index contributed by atoms with van der Waals surface area (Å²) in [5, 5.41) is 0. The van der Waals surface area contributed by atoms with Crippen LogP contribution >= 0.6 is 24.0 Å². The second kappa shape index (κ2) is 6.77. The van der Waals surface area contributed by atoms with Crippen molar-refractivity contribution in [2.45, 2.75) is 31.7 Å². The zero-order valence-electron chi connectivity index (χ0n) is 13.4. The zero-order chi connectivity index (χ0) is 17.4. The van der Waals surface area contributed by atoms with Gasteiger partial charge in [-0.05, 0) is 49.2 Å². The molecular formula is C19H16FNO2S2. The molecule has 1 saturated heterocycles. The Labute approximate surface area is 154 Å². The lowest BCUT2D eigenvalue weighted by molar-refractivity contribution is -0.123. The lowest BCUT2D eigenvalue weighted by atomic mass is 10.2. The maximum Gasteiger partial charge on any atom is 0.266 e. The van der Waals surface area contributed by atoms with Gasteiger partial charge in [0.1, 0.15) is 21.7 Å². The fourth-order valence-electron chi connectivity index (χ4n) is 3.29. The minimum Gasteiger partial charge on any atom is -0.457 e. The summed E-state index contributed by atoms with van der Waals surface area (Å²) in [6, 6.07) is 9.98. The molecule has 0 N–H and O–H groups in total. The van der Waals surface area contributed by atoms with Crippen LogP contribution in [0.25, 0.3) is 17.4 Å². The Kier molecular flexibility index (Phi) is 4.48. The first-order valence-corrected chi connectivity index (χ1v) is 9.47. The molecule has 2 aliphatic rings. The van der Waals surface area contributed by atoms with Gasteiger partial charge in [-0.15, -0.1) is 0 Å². The molecule has 1 aliphatic carbocycles. The number of carbonyl (C=O) groups is 1. The van der Waals surface area contributed by atoms with Gasteiger partial charge in [0.05, 0.1) is 4.91 Å². The molecule has 0 spiro atoms. The predicted octanol–water partition coefficient (Wildman–Crippen LogP) is 5.23. The summed E-state index contributed by atoms with van der Waals surface area (Å²) in [6.07, 6.45) is 6.09. The van der Waals surface area contributed by atoms with E-state index < -0.39 is 0 Å². The van der Waals surface area contributed by atoms with Crippen LogP contribution < -0.4 is 0 Å². The average molecular weight is 373 g/mol. The molecule has 1 aliphatic heterocycles. The Morgan fingerprint density at radius 3 is 2.60 bits per heavy atom. The van der Waals surface area contributed by atoms with E-state index in [4.69, 9.17) is 16.6 Å². The van der Waals surface area contributed by atoms with Crippen molar-refractivity contribution in [1.82, 2.24) is 4.90 Å². The number of carbonyl (C=O) groups excluding carboxylic acids is 1. The second-order valence-corrected chi connectivity index (χ2v) is 7.87. The van der Waals surface area contributed by atoms with Crippen LogP contribution in [0.1, 0.15) is 31.4 Å². The van der Waals surface area contributed by atoms with Crippen LogP contribution in [0, 0.1) is 5.82 Å². The molecule has 0 bridgehead atoms. The van der Waals surface area contributed by atoms with Crippen LogP contribution in [-0.2, 0) is 4.79 Å². The molecule has 0 radical (unpaired) electrons. The van der Waals surface area contributed by atoms with E-state index in [0.29, 0.717) is 20.7 Å². The van der Waals surface area contributed by atoms with Gasteiger partial charge in [-0.1, -0.05) is 36.8 Å². The van der Waals surface area contributed by atoms with Crippen molar-refractivity contribution in [2.75, 3.05) is 0 Å². The summed E-state index contributed by atoms with van der Waals surface area (Å²) >= 11 is 6.73. The van der Waals surface area contributed by atoms with Gasteiger partial charge in [0.15, 0.2) is 0 Å². The van der Waals surface area contributed by atoms with Crippen LogP contribution in [0.15, 0.2) is 45.7 Å². The van der Waals surface area contributed by atoms with Gasteiger partial charge >= 0.3 is 0 Å². The normalized spacial score (nSPS) is 20.2. The summed E-state index contributed by atoms with van der Waals surface area (Å²) in [5.41, 5.74) is 0.791. The minimum atomic E-state index is -0.286. The predicted molar refractivity (Wildman–Crippen MR) is 101 cm³/mol. The third-order valence-electron chi connectivity index (χ3n) is 4.54. The van der Waals surface area contributed by atoms with Crippen LogP contribution in [0.5, 0.6) is 0 Å². The number of amides is 1. The van der Waals surface area contributed by atoms with Gasteiger partial charge in [-0.2, -0.15) is 0 Å². The molecule has 25 heavy (non-hydrogen) atoms. The molecule has 0 atom stereocenters. The largest absolute Gasteiger partial charge is 0.457 e. The summed E-state index contributed by atoms with van der Waals surface area (Å²) < 4.78 is 19.4. The molecule has 2 aromatic rings. The highest BCUT2D eigenvalue weighted by molar-refractivity contribution is 8.26. The quantitative estimate of drug-likeness (QED) is 0.545. The Morgan fingerprint density at radius 1 is 1.16 bits per heavy atom. The molecule has 1 aromatic carbocycles. The lowest BCUT2D eigenvalue weighted by Crippen LogP contribution is -2.36. The molecule has 1 saturated carbocycles. The van der Waals surface area contributed by atoms with Crippen molar-refractivity contribution in [1.29, 1.82) is 0 Å². The van der Waals surface area contributed by atoms with Gasteiger partial charge in [0.2, 0.25) is 0 Å². The SMILES string of the molecule is O=C1C(=Cc2ccc(-c3ccc(F)cc3)o2)SC(=S)N1C1CCCC1. The van der Waals surface area contributed by atoms with Gasteiger partial charge < -0.3 is 4.42 Å². The van der Waals surface area contributed by atoms with E-state index in [9.17, 15) is 9.18 Å². The number of thioether (sulfide) groups is 1. The Balaban J connectivity index is 1.56. The van der Waals surface area contributed by atoms with Crippen LogP contribution in [0.2, 0.25) is 0 Å². The molecule has 2 heterocycles. The number of hydrogen-bond acceptors (Lipinski definition) is 4. The summed E-state index contributed by atoms with van der Waals surface area (Å²) in [7, 11) is 0. The van der Waals surface area contributed by atoms with E-state index in [1.54, 1.807) is 29.2 Å². The van der Waals surface area contributed by atoms with Gasteiger partial charge in [0, 0.05) is 17.7 Å². The summed E-state index contributed by atoms with van der Waals surface area (Å²) in [4.78, 5) is 15.0. The molecule has 0 unspecified atom stereocenters. The Morgan fingerprint density at radius 2 is 1.88 bits per heavy atom. The monoisotopic (exact) mass is 373 g/mol. The maximum absolute atomic E-state index is 13.0. The van der Waals surface area contributed by atoms with Crippen LogP contribution in [0.4, 0.5) is 4.39 Å². The van der Waals surface area contributed by atoms with Crippen molar-refractivity contribution >= 4 is 40.3 Å². The summed E-state index contributed by atoms with van der Waals surface area (Å²) in [5.74, 6) is 0.913. The van der Waals surface area contributed by atoms with Crippen LogP contribution in [0.3, 0.4) is 0 Å². The number of rotatable bonds is 3. The third-order valence-corrected chi connectivity index (χ3v) is 5.87. The van der Waals surface area contributed by atoms with E-state index in [1.807, 2.05) is 6.07 Å². The highest BCUT2D eigenvalue weighted by Crippen LogP contribution is 2.38. The molecule has 4 rings (SSSR count). The molecular weight excluding hydrogens is 357 g/mol. The Hall–Kier alpha value is -1.92.